The lowest BCUT2D eigenvalue weighted by Crippen LogP contribution is -2.53. The van der Waals surface area contributed by atoms with Crippen LogP contribution in [0.25, 0.3) is 0 Å². The fourth-order valence-corrected chi connectivity index (χ4v) is 3.21. The average Bonchev–Trinajstić information content (AvgIpc) is 2.66. The predicted molar refractivity (Wildman–Crippen MR) is 100 cm³/mol. The molecule has 10 heteroatoms. The summed E-state index contributed by atoms with van der Waals surface area (Å²) >= 11 is 5.81. The van der Waals surface area contributed by atoms with Crippen molar-refractivity contribution in [3.63, 3.8) is 0 Å². The zero-order valence-corrected chi connectivity index (χ0v) is 16.4. The summed E-state index contributed by atoms with van der Waals surface area (Å²) in [6.07, 6.45) is -11.4. The molecule has 0 saturated carbocycles. The second kappa shape index (κ2) is 8.85. The Labute approximate surface area is 173 Å². The highest BCUT2D eigenvalue weighted by Gasteiger charge is 2.71. The van der Waals surface area contributed by atoms with Crippen LogP contribution in [0, 0.1) is 0 Å². The Hall–Kier alpha value is -2.26. The molecule has 164 valence electrons. The first-order valence-electron chi connectivity index (χ1n) is 8.82. The summed E-state index contributed by atoms with van der Waals surface area (Å²) in [5, 5.41) is 11.3. The Balaban J connectivity index is 2.24. The number of hydrogen-bond acceptors (Lipinski definition) is 2. The van der Waals surface area contributed by atoms with Crippen LogP contribution in [-0.4, -0.2) is 23.4 Å². The predicted octanol–water partition coefficient (Wildman–Crippen LogP) is 6.17. The second-order valence-electron chi connectivity index (χ2n) is 6.67. The van der Waals surface area contributed by atoms with E-state index in [0.717, 1.165) is 11.6 Å². The van der Waals surface area contributed by atoms with E-state index in [1.807, 2.05) is 37.3 Å². The van der Waals surface area contributed by atoms with Crippen molar-refractivity contribution in [1.82, 2.24) is 0 Å². The number of benzene rings is 2. The molecule has 0 aliphatic carbocycles. The lowest BCUT2D eigenvalue weighted by Gasteiger charge is -2.32. The number of carbonyl (C=O) groups excluding carboxylic acids is 1. The van der Waals surface area contributed by atoms with Gasteiger partial charge in [0.15, 0.2) is 0 Å². The lowest BCUT2D eigenvalue weighted by molar-refractivity contribution is -0.376. The van der Waals surface area contributed by atoms with E-state index in [-0.39, 0.29) is 18.0 Å². The first-order chi connectivity index (χ1) is 13.8. The summed E-state index contributed by atoms with van der Waals surface area (Å²) in [5.74, 6) is -0.646. The van der Waals surface area contributed by atoms with Gasteiger partial charge in [-0.25, -0.2) is 0 Å². The molecule has 2 N–H and O–H groups in total. The van der Waals surface area contributed by atoms with Crippen LogP contribution in [0.1, 0.15) is 36.8 Å². The normalized spacial score (nSPS) is 13.8. The summed E-state index contributed by atoms with van der Waals surface area (Å²) in [5.41, 5.74) is -5.84. The van der Waals surface area contributed by atoms with Gasteiger partial charge in [-0.2, -0.15) is 26.3 Å². The van der Waals surface area contributed by atoms with Gasteiger partial charge in [-0.15, -0.1) is 0 Å². The number of hydrogen-bond donors (Lipinski definition) is 2. The van der Waals surface area contributed by atoms with E-state index in [4.69, 9.17) is 11.6 Å². The standard InChI is InChI=1S/C20H18ClF6NO2/c1-2-12(13-6-4-3-5-7-13)10-17(29)28-16-9-8-14(11-15(16)21)18(30,19(22,23)24)20(25,26)27/h3-9,11-12,30H,2,10H2,1H3,(H,28,29). The van der Waals surface area contributed by atoms with Gasteiger partial charge < -0.3 is 10.4 Å². The number of aliphatic hydroxyl groups is 1. The minimum absolute atomic E-state index is 0.0354. The first kappa shape index (κ1) is 24.0. The molecule has 0 radical (unpaired) electrons. The van der Waals surface area contributed by atoms with Gasteiger partial charge in [-0.05, 0) is 30.0 Å². The minimum atomic E-state index is -6.02. The molecule has 0 heterocycles. The topological polar surface area (TPSA) is 49.3 Å². The van der Waals surface area contributed by atoms with Crippen molar-refractivity contribution in [2.75, 3.05) is 5.32 Å². The monoisotopic (exact) mass is 453 g/mol. The molecular formula is C20H18ClF6NO2. The SMILES string of the molecule is CCC(CC(=O)Nc1ccc(C(O)(C(F)(F)F)C(F)(F)F)cc1Cl)c1ccccc1. The summed E-state index contributed by atoms with van der Waals surface area (Å²) in [6.45, 7) is 1.88. The number of nitrogens with one attached hydrogen (secondary N) is 1. The molecule has 2 rings (SSSR count). The van der Waals surface area contributed by atoms with Gasteiger partial charge in [0.05, 0.1) is 10.7 Å². The number of anilines is 1. The van der Waals surface area contributed by atoms with Crippen LogP contribution in [0.2, 0.25) is 5.02 Å². The van der Waals surface area contributed by atoms with Crippen LogP contribution >= 0.6 is 11.6 Å². The Bertz CT molecular complexity index is 869. The van der Waals surface area contributed by atoms with Crippen molar-refractivity contribution in [2.45, 2.75) is 43.6 Å². The zero-order valence-electron chi connectivity index (χ0n) is 15.6. The van der Waals surface area contributed by atoms with Crippen LogP contribution in [0.5, 0.6) is 0 Å². The number of halogens is 7. The van der Waals surface area contributed by atoms with E-state index in [2.05, 4.69) is 5.32 Å². The molecule has 3 nitrogen and oxygen atoms in total. The largest absolute Gasteiger partial charge is 0.430 e. The molecule has 2 aromatic carbocycles. The molecule has 0 saturated heterocycles. The van der Waals surface area contributed by atoms with Crippen molar-refractivity contribution >= 4 is 23.2 Å². The fourth-order valence-electron chi connectivity index (χ4n) is 2.98. The van der Waals surface area contributed by atoms with Gasteiger partial charge >= 0.3 is 12.4 Å². The summed E-state index contributed by atoms with van der Waals surface area (Å²) in [6, 6.07) is 10.7. The van der Waals surface area contributed by atoms with E-state index in [1.165, 1.54) is 0 Å². The van der Waals surface area contributed by atoms with Crippen LogP contribution in [0.3, 0.4) is 0 Å². The molecule has 0 bridgehead atoms. The van der Waals surface area contributed by atoms with Crippen LogP contribution < -0.4 is 5.32 Å². The molecule has 0 aliphatic rings. The molecule has 2 aromatic rings. The van der Waals surface area contributed by atoms with Gasteiger partial charge in [-0.3, -0.25) is 4.79 Å². The number of alkyl halides is 6. The summed E-state index contributed by atoms with van der Waals surface area (Å²) in [7, 11) is 0. The lowest BCUT2D eigenvalue weighted by atomic mass is 9.92. The Kier molecular flexibility index (Phi) is 7.08. The maximum Gasteiger partial charge on any atom is 0.430 e. The molecule has 30 heavy (non-hydrogen) atoms. The fraction of sp³-hybridized carbons (Fsp3) is 0.350. The maximum absolute atomic E-state index is 13.0. The minimum Gasteiger partial charge on any atom is -0.369 e. The third kappa shape index (κ3) is 4.89. The van der Waals surface area contributed by atoms with E-state index in [9.17, 15) is 36.2 Å². The highest BCUT2D eigenvalue weighted by atomic mass is 35.5. The van der Waals surface area contributed by atoms with Crippen molar-refractivity contribution in [1.29, 1.82) is 0 Å². The third-order valence-electron chi connectivity index (χ3n) is 4.68. The summed E-state index contributed by atoms with van der Waals surface area (Å²) in [4.78, 5) is 12.3. The van der Waals surface area contributed by atoms with Gasteiger partial charge in [0.2, 0.25) is 5.91 Å². The highest BCUT2D eigenvalue weighted by molar-refractivity contribution is 6.33. The molecule has 1 unspecified atom stereocenters. The molecule has 0 fully saturated rings. The molecule has 0 aliphatic heterocycles. The van der Waals surface area contributed by atoms with Gasteiger partial charge in [0.1, 0.15) is 0 Å². The van der Waals surface area contributed by atoms with E-state index in [1.54, 1.807) is 0 Å². The number of carbonyl (C=O) groups is 1. The molecule has 0 aromatic heterocycles. The summed E-state index contributed by atoms with van der Waals surface area (Å²) < 4.78 is 77.9. The first-order valence-corrected chi connectivity index (χ1v) is 9.19. The molecule has 0 spiro atoms. The average molecular weight is 454 g/mol. The Morgan fingerprint density at radius 2 is 1.60 bits per heavy atom. The molecule has 1 amide bonds. The van der Waals surface area contributed by atoms with Crippen molar-refractivity contribution in [3.8, 4) is 0 Å². The molecular weight excluding hydrogens is 436 g/mol. The van der Waals surface area contributed by atoms with Crippen LogP contribution in [-0.2, 0) is 10.4 Å². The number of amides is 1. The molecule has 1 atom stereocenters. The van der Waals surface area contributed by atoms with Crippen LogP contribution in [0.4, 0.5) is 32.0 Å². The van der Waals surface area contributed by atoms with Gasteiger partial charge in [-0.1, -0.05) is 54.9 Å². The van der Waals surface area contributed by atoms with Crippen LogP contribution in [0.15, 0.2) is 48.5 Å². The van der Waals surface area contributed by atoms with Gasteiger partial charge in [0, 0.05) is 12.0 Å². The van der Waals surface area contributed by atoms with Crippen molar-refractivity contribution < 1.29 is 36.2 Å². The Morgan fingerprint density at radius 1 is 1.03 bits per heavy atom. The Morgan fingerprint density at radius 3 is 2.07 bits per heavy atom. The van der Waals surface area contributed by atoms with E-state index in [0.29, 0.717) is 18.6 Å². The highest BCUT2D eigenvalue weighted by Crippen LogP contribution is 2.50. The third-order valence-corrected chi connectivity index (χ3v) is 4.99. The maximum atomic E-state index is 13.0. The van der Waals surface area contributed by atoms with Crippen molar-refractivity contribution in [3.05, 3.63) is 64.7 Å². The van der Waals surface area contributed by atoms with E-state index >= 15 is 0 Å². The van der Waals surface area contributed by atoms with Crippen molar-refractivity contribution in [2.24, 2.45) is 0 Å². The van der Waals surface area contributed by atoms with E-state index < -0.39 is 34.4 Å². The van der Waals surface area contributed by atoms with Gasteiger partial charge in [0.25, 0.3) is 5.60 Å². The quantitative estimate of drug-likeness (QED) is 0.513. The zero-order chi connectivity index (χ0) is 22.7. The number of rotatable bonds is 6. The second-order valence-corrected chi connectivity index (χ2v) is 7.08. The smallest absolute Gasteiger partial charge is 0.369 e.